The standard InChI is InChI=1S/C17H29NS/c1-4-10-18-17(16-9-11-19-12-16)15-7-5-14(6-8-15)13(2)3/h9,11-15,17-18H,4-8,10H2,1-3H3. The van der Waals surface area contributed by atoms with Crippen molar-refractivity contribution in [2.45, 2.75) is 58.9 Å². The molecule has 19 heavy (non-hydrogen) atoms. The molecule has 0 bridgehead atoms. The van der Waals surface area contributed by atoms with E-state index >= 15 is 0 Å². The van der Waals surface area contributed by atoms with Crippen molar-refractivity contribution in [3.05, 3.63) is 22.4 Å². The largest absolute Gasteiger partial charge is 0.310 e. The Morgan fingerprint density at radius 3 is 2.42 bits per heavy atom. The Labute approximate surface area is 122 Å². The molecule has 1 saturated carbocycles. The molecule has 1 nitrogen and oxygen atoms in total. The van der Waals surface area contributed by atoms with Gasteiger partial charge in [-0.25, -0.2) is 0 Å². The van der Waals surface area contributed by atoms with Crippen LogP contribution in [-0.4, -0.2) is 6.54 Å². The second-order valence-electron chi connectivity index (χ2n) is 6.41. The molecule has 1 atom stereocenters. The van der Waals surface area contributed by atoms with Gasteiger partial charge in [0.25, 0.3) is 0 Å². The summed E-state index contributed by atoms with van der Waals surface area (Å²) in [4.78, 5) is 0. The monoisotopic (exact) mass is 279 g/mol. The van der Waals surface area contributed by atoms with Gasteiger partial charge in [-0.1, -0.05) is 20.8 Å². The van der Waals surface area contributed by atoms with E-state index in [4.69, 9.17) is 0 Å². The minimum atomic E-state index is 0.597. The first-order chi connectivity index (χ1) is 9.22. The highest BCUT2D eigenvalue weighted by atomic mass is 32.1. The molecule has 0 radical (unpaired) electrons. The van der Waals surface area contributed by atoms with Crippen LogP contribution in [0.2, 0.25) is 0 Å². The average Bonchev–Trinajstić information content (AvgIpc) is 2.94. The zero-order valence-corrected chi connectivity index (χ0v) is 13.5. The zero-order chi connectivity index (χ0) is 13.7. The Morgan fingerprint density at radius 1 is 1.21 bits per heavy atom. The minimum absolute atomic E-state index is 0.597. The van der Waals surface area contributed by atoms with Gasteiger partial charge in [-0.2, -0.15) is 11.3 Å². The van der Waals surface area contributed by atoms with Crippen molar-refractivity contribution < 1.29 is 0 Å². The van der Waals surface area contributed by atoms with Crippen molar-refractivity contribution in [3.8, 4) is 0 Å². The molecule has 1 aromatic rings. The predicted molar refractivity (Wildman–Crippen MR) is 85.6 cm³/mol. The second kappa shape index (κ2) is 7.44. The third-order valence-electron chi connectivity index (χ3n) is 4.75. The Balaban J connectivity index is 1.96. The maximum Gasteiger partial charge on any atom is 0.0356 e. The molecule has 1 unspecified atom stereocenters. The van der Waals surface area contributed by atoms with Gasteiger partial charge in [-0.05, 0) is 78.8 Å². The van der Waals surface area contributed by atoms with Gasteiger partial charge in [0.15, 0.2) is 0 Å². The summed E-state index contributed by atoms with van der Waals surface area (Å²) >= 11 is 1.83. The first-order valence-electron chi connectivity index (χ1n) is 7.97. The van der Waals surface area contributed by atoms with Gasteiger partial charge in [-0.15, -0.1) is 0 Å². The van der Waals surface area contributed by atoms with E-state index in [2.05, 4.69) is 42.9 Å². The van der Waals surface area contributed by atoms with Crippen LogP contribution in [0.1, 0.15) is 64.5 Å². The van der Waals surface area contributed by atoms with Crippen LogP contribution in [0.4, 0.5) is 0 Å². The SMILES string of the molecule is CCCNC(c1ccsc1)C1CCC(C(C)C)CC1. The summed E-state index contributed by atoms with van der Waals surface area (Å²) in [5, 5.41) is 8.35. The Kier molecular flexibility index (Phi) is 5.90. The lowest BCUT2D eigenvalue weighted by Crippen LogP contribution is -2.32. The maximum atomic E-state index is 3.79. The van der Waals surface area contributed by atoms with Gasteiger partial charge >= 0.3 is 0 Å². The fourth-order valence-corrected chi connectivity index (χ4v) is 4.15. The Hall–Kier alpha value is -0.340. The molecule has 1 aliphatic carbocycles. The van der Waals surface area contributed by atoms with Gasteiger partial charge in [0.2, 0.25) is 0 Å². The van der Waals surface area contributed by atoms with E-state index in [9.17, 15) is 0 Å². The molecule has 0 spiro atoms. The molecule has 1 aliphatic rings. The first-order valence-corrected chi connectivity index (χ1v) is 8.92. The van der Waals surface area contributed by atoms with Crippen molar-refractivity contribution >= 4 is 11.3 Å². The lowest BCUT2D eigenvalue weighted by Gasteiger charge is -2.35. The summed E-state index contributed by atoms with van der Waals surface area (Å²) < 4.78 is 0. The lowest BCUT2D eigenvalue weighted by atomic mass is 9.73. The maximum absolute atomic E-state index is 3.79. The molecule has 1 N–H and O–H groups in total. The van der Waals surface area contributed by atoms with Gasteiger partial charge in [0, 0.05) is 6.04 Å². The van der Waals surface area contributed by atoms with E-state index in [1.807, 2.05) is 11.3 Å². The summed E-state index contributed by atoms with van der Waals surface area (Å²) in [7, 11) is 0. The molecule has 1 aromatic heterocycles. The summed E-state index contributed by atoms with van der Waals surface area (Å²) in [6.45, 7) is 8.17. The topological polar surface area (TPSA) is 12.0 Å². The third-order valence-corrected chi connectivity index (χ3v) is 5.45. The van der Waals surface area contributed by atoms with Crippen molar-refractivity contribution in [2.24, 2.45) is 17.8 Å². The van der Waals surface area contributed by atoms with Gasteiger partial charge in [-0.3, -0.25) is 0 Å². The second-order valence-corrected chi connectivity index (χ2v) is 7.19. The predicted octanol–water partition coefficient (Wildman–Crippen LogP) is 5.25. The molecule has 0 saturated heterocycles. The van der Waals surface area contributed by atoms with E-state index in [1.165, 1.54) is 37.7 Å². The zero-order valence-electron chi connectivity index (χ0n) is 12.7. The Bertz CT molecular complexity index is 336. The number of hydrogen-bond acceptors (Lipinski definition) is 2. The molecule has 1 fully saturated rings. The third kappa shape index (κ3) is 4.06. The van der Waals surface area contributed by atoms with Crippen LogP contribution in [-0.2, 0) is 0 Å². The van der Waals surface area contributed by atoms with E-state index < -0.39 is 0 Å². The normalized spacial score (nSPS) is 25.7. The van der Waals surface area contributed by atoms with Crippen molar-refractivity contribution in [1.29, 1.82) is 0 Å². The van der Waals surface area contributed by atoms with Gasteiger partial charge in [0.1, 0.15) is 0 Å². The molecule has 0 amide bonds. The fraction of sp³-hybridized carbons (Fsp3) is 0.765. The Morgan fingerprint density at radius 2 is 1.89 bits per heavy atom. The highest BCUT2D eigenvalue weighted by Crippen LogP contribution is 2.39. The van der Waals surface area contributed by atoms with E-state index in [0.717, 1.165) is 24.3 Å². The molecule has 2 heteroatoms. The lowest BCUT2D eigenvalue weighted by molar-refractivity contribution is 0.189. The molecule has 2 rings (SSSR count). The average molecular weight is 279 g/mol. The molecule has 0 aliphatic heterocycles. The van der Waals surface area contributed by atoms with Crippen LogP contribution in [0.25, 0.3) is 0 Å². The summed E-state index contributed by atoms with van der Waals surface area (Å²) in [5.41, 5.74) is 1.52. The van der Waals surface area contributed by atoms with Gasteiger partial charge in [0.05, 0.1) is 0 Å². The van der Waals surface area contributed by atoms with Crippen LogP contribution in [0.5, 0.6) is 0 Å². The molecule has 0 aromatic carbocycles. The van der Waals surface area contributed by atoms with Crippen LogP contribution < -0.4 is 5.32 Å². The minimum Gasteiger partial charge on any atom is -0.310 e. The highest BCUT2D eigenvalue weighted by Gasteiger charge is 2.29. The number of thiophene rings is 1. The molecular formula is C17H29NS. The number of hydrogen-bond donors (Lipinski definition) is 1. The quantitative estimate of drug-likeness (QED) is 0.750. The molecule has 108 valence electrons. The van der Waals surface area contributed by atoms with Crippen LogP contribution in [0.15, 0.2) is 16.8 Å². The fourth-order valence-electron chi connectivity index (χ4n) is 3.45. The van der Waals surface area contributed by atoms with Crippen molar-refractivity contribution in [2.75, 3.05) is 6.54 Å². The summed E-state index contributed by atoms with van der Waals surface area (Å²) in [5.74, 6) is 2.67. The molecule has 1 heterocycles. The van der Waals surface area contributed by atoms with Crippen molar-refractivity contribution in [3.63, 3.8) is 0 Å². The van der Waals surface area contributed by atoms with Crippen LogP contribution >= 0.6 is 11.3 Å². The molecular weight excluding hydrogens is 250 g/mol. The first kappa shape index (κ1) is 15.1. The van der Waals surface area contributed by atoms with Crippen LogP contribution in [0.3, 0.4) is 0 Å². The van der Waals surface area contributed by atoms with Gasteiger partial charge < -0.3 is 5.32 Å². The van der Waals surface area contributed by atoms with E-state index in [1.54, 1.807) is 0 Å². The smallest absolute Gasteiger partial charge is 0.0356 e. The number of rotatable bonds is 6. The van der Waals surface area contributed by atoms with E-state index in [-0.39, 0.29) is 0 Å². The number of nitrogens with one attached hydrogen (secondary N) is 1. The highest BCUT2D eigenvalue weighted by molar-refractivity contribution is 7.07. The summed E-state index contributed by atoms with van der Waals surface area (Å²) in [6.07, 6.45) is 6.88. The summed E-state index contributed by atoms with van der Waals surface area (Å²) in [6, 6.07) is 2.91. The van der Waals surface area contributed by atoms with E-state index in [0.29, 0.717) is 6.04 Å². The van der Waals surface area contributed by atoms with Crippen LogP contribution in [0, 0.1) is 17.8 Å². The van der Waals surface area contributed by atoms with Crippen molar-refractivity contribution in [1.82, 2.24) is 5.32 Å².